The second-order valence-electron chi connectivity index (χ2n) is 8.31. The van der Waals surface area contributed by atoms with Crippen LogP contribution in [0.1, 0.15) is 0 Å². The third kappa shape index (κ3) is 3.29. The molecular formula is C26H17N7O2. The second kappa shape index (κ2) is 7.49. The van der Waals surface area contributed by atoms with Crippen LogP contribution in [0.3, 0.4) is 0 Å². The number of hydrogen-bond donors (Lipinski definition) is 3. The first-order chi connectivity index (χ1) is 17.2. The van der Waals surface area contributed by atoms with Crippen LogP contribution in [-0.2, 0) is 4.79 Å². The molecule has 1 aliphatic rings. The van der Waals surface area contributed by atoms with Gasteiger partial charge in [0.05, 0.1) is 28.3 Å². The maximum Gasteiger partial charge on any atom is 0.262 e. The van der Waals surface area contributed by atoms with Gasteiger partial charge in [0, 0.05) is 29.1 Å². The smallest absolute Gasteiger partial charge is 0.262 e. The van der Waals surface area contributed by atoms with E-state index in [0.29, 0.717) is 28.6 Å². The standard InChI is InChI=1S/C26H17N7O2/c34-22-13-35-18-4-1-3-14(8-18)19-5-2-6-21-23(19)31-26(30-21)24-20-9-16(11-28-25(20)33-32-24)15-7-17(29-22)12-27-10-15/h1-12H,13H2,(H,29,34)(H,30,31)(H,28,32,33). The van der Waals surface area contributed by atoms with E-state index in [-0.39, 0.29) is 12.5 Å². The minimum Gasteiger partial charge on any atom is -0.484 e. The summed E-state index contributed by atoms with van der Waals surface area (Å²) in [5.74, 6) is 0.957. The first-order valence-corrected chi connectivity index (χ1v) is 11.0. The van der Waals surface area contributed by atoms with Gasteiger partial charge in [0.25, 0.3) is 5.91 Å². The number of hydrogen-bond acceptors (Lipinski definition) is 6. The number of imidazole rings is 1. The minimum absolute atomic E-state index is 0.129. The van der Waals surface area contributed by atoms with Crippen molar-refractivity contribution in [1.29, 1.82) is 0 Å². The third-order valence-electron chi connectivity index (χ3n) is 6.02. The van der Waals surface area contributed by atoms with Gasteiger partial charge in [0.1, 0.15) is 11.4 Å². The van der Waals surface area contributed by atoms with Crippen LogP contribution in [0, 0.1) is 0 Å². The highest BCUT2D eigenvalue weighted by Crippen LogP contribution is 2.34. The molecule has 6 aromatic rings. The second-order valence-corrected chi connectivity index (χ2v) is 8.31. The number of benzene rings is 2. The van der Waals surface area contributed by atoms with Gasteiger partial charge in [0.15, 0.2) is 18.1 Å². The Bertz CT molecular complexity index is 1770. The molecule has 0 radical (unpaired) electrons. The van der Waals surface area contributed by atoms with Crippen LogP contribution in [0.25, 0.3) is 55.8 Å². The van der Waals surface area contributed by atoms with E-state index in [1.165, 1.54) is 0 Å². The molecule has 2 aromatic carbocycles. The van der Waals surface area contributed by atoms with Crippen molar-refractivity contribution in [3.05, 3.63) is 73.2 Å². The maximum atomic E-state index is 12.6. The van der Waals surface area contributed by atoms with Gasteiger partial charge in [0.2, 0.25) is 0 Å². The number of pyridine rings is 2. The van der Waals surface area contributed by atoms with E-state index >= 15 is 0 Å². The number of nitrogens with zero attached hydrogens (tertiary/aromatic N) is 4. The SMILES string of the molecule is O=C1COc2cccc(c2)-c2cccc3[nH]c(nc23)-c2n[nH]c3ncc(cc23)-c2cncc(c2)N1. The topological polar surface area (TPSA) is 121 Å². The van der Waals surface area contributed by atoms with Crippen LogP contribution in [0.4, 0.5) is 5.69 Å². The molecule has 0 aliphatic carbocycles. The highest BCUT2D eigenvalue weighted by Gasteiger charge is 2.17. The van der Waals surface area contributed by atoms with E-state index in [9.17, 15) is 4.79 Å². The number of para-hydroxylation sites is 1. The molecule has 9 nitrogen and oxygen atoms in total. The summed E-state index contributed by atoms with van der Waals surface area (Å²) in [6, 6.07) is 17.4. The lowest BCUT2D eigenvalue weighted by Gasteiger charge is -2.10. The zero-order chi connectivity index (χ0) is 23.4. The summed E-state index contributed by atoms with van der Waals surface area (Å²) in [6.45, 7) is -0.129. The molecule has 4 aromatic heterocycles. The number of carbonyl (C=O) groups excluding carboxylic acids is 1. The first kappa shape index (κ1) is 19.4. The van der Waals surface area contributed by atoms with Crippen LogP contribution >= 0.6 is 0 Å². The van der Waals surface area contributed by atoms with Gasteiger partial charge in [-0.05, 0) is 35.9 Å². The monoisotopic (exact) mass is 459 g/mol. The minimum atomic E-state index is -0.278. The van der Waals surface area contributed by atoms with Gasteiger partial charge in [-0.2, -0.15) is 5.10 Å². The lowest BCUT2D eigenvalue weighted by molar-refractivity contribution is -0.118. The van der Waals surface area contributed by atoms with Crippen molar-refractivity contribution in [2.75, 3.05) is 11.9 Å². The fourth-order valence-electron chi connectivity index (χ4n) is 4.38. The maximum absolute atomic E-state index is 12.6. The predicted octanol–water partition coefficient (Wildman–Crippen LogP) is 4.56. The molecule has 9 heteroatoms. The summed E-state index contributed by atoms with van der Waals surface area (Å²) in [6.07, 6.45) is 5.07. The summed E-state index contributed by atoms with van der Waals surface area (Å²) in [5, 5.41) is 11.2. The summed E-state index contributed by atoms with van der Waals surface area (Å²) < 4.78 is 5.79. The Morgan fingerprint density at radius 1 is 0.914 bits per heavy atom. The molecule has 7 rings (SSSR count). The fourth-order valence-corrected chi connectivity index (χ4v) is 4.38. The Morgan fingerprint density at radius 2 is 1.83 bits per heavy atom. The molecule has 168 valence electrons. The van der Waals surface area contributed by atoms with Crippen molar-refractivity contribution < 1.29 is 9.53 Å². The molecule has 8 bridgehead atoms. The average molecular weight is 459 g/mol. The van der Waals surface area contributed by atoms with Crippen LogP contribution in [0.2, 0.25) is 0 Å². The quantitative estimate of drug-likeness (QED) is 0.306. The number of ether oxygens (including phenoxy) is 1. The van der Waals surface area contributed by atoms with Gasteiger partial charge >= 0.3 is 0 Å². The number of fused-ring (bicyclic) bond motifs is 9. The third-order valence-corrected chi connectivity index (χ3v) is 6.02. The van der Waals surface area contributed by atoms with E-state index in [0.717, 1.165) is 38.7 Å². The van der Waals surface area contributed by atoms with Crippen LogP contribution in [0.5, 0.6) is 5.75 Å². The van der Waals surface area contributed by atoms with Crippen LogP contribution < -0.4 is 10.1 Å². The number of aromatic nitrogens is 6. The van der Waals surface area contributed by atoms with Crippen LogP contribution in [0.15, 0.2) is 73.2 Å². The number of anilines is 1. The zero-order valence-corrected chi connectivity index (χ0v) is 18.2. The molecular weight excluding hydrogens is 442 g/mol. The number of H-pyrrole nitrogens is 2. The Labute approximate surface area is 198 Å². The highest BCUT2D eigenvalue weighted by molar-refractivity contribution is 5.98. The van der Waals surface area contributed by atoms with Crippen molar-refractivity contribution in [2.24, 2.45) is 0 Å². The lowest BCUT2D eigenvalue weighted by atomic mass is 10.0. The van der Waals surface area contributed by atoms with Crippen LogP contribution in [-0.4, -0.2) is 42.6 Å². The van der Waals surface area contributed by atoms with Crippen molar-refractivity contribution >= 4 is 33.7 Å². The molecule has 0 saturated heterocycles. The molecule has 3 N–H and O–H groups in total. The van der Waals surface area contributed by atoms with E-state index < -0.39 is 0 Å². The zero-order valence-electron chi connectivity index (χ0n) is 18.2. The Kier molecular flexibility index (Phi) is 4.16. The first-order valence-electron chi connectivity index (χ1n) is 11.0. The van der Waals surface area contributed by atoms with Crippen molar-refractivity contribution in [2.45, 2.75) is 0 Å². The predicted molar refractivity (Wildman–Crippen MR) is 132 cm³/mol. The summed E-state index contributed by atoms with van der Waals surface area (Å²) in [5.41, 5.74) is 7.13. The van der Waals surface area contributed by atoms with Gasteiger partial charge in [-0.3, -0.25) is 14.9 Å². The van der Waals surface area contributed by atoms with Crippen molar-refractivity contribution in [1.82, 2.24) is 30.1 Å². The Balaban J connectivity index is 1.48. The Hall–Kier alpha value is -5.05. The average Bonchev–Trinajstić information content (AvgIpc) is 3.51. The number of amides is 1. The van der Waals surface area contributed by atoms with Crippen molar-refractivity contribution in [3.63, 3.8) is 0 Å². The van der Waals surface area contributed by atoms with Gasteiger partial charge in [-0.25, -0.2) is 9.97 Å². The molecule has 1 amide bonds. The molecule has 0 saturated carbocycles. The normalized spacial score (nSPS) is 13.0. The molecule has 0 spiro atoms. The molecule has 5 heterocycles. The molecule has 0 fully saturated rings. The Morgan fingerprint density at radius 3 is 2.80 bits per heavy atom. The largest absolute Gasteiger partial charge is 0.484 e. The summed E-state index contributed by atoms with van der Waals surface area (Å²) in [7, 11) is 0. The summed E-state index contributed by atoms with van der Waals surface area (Å²) >= 11 is 0. The molecule has 0 atom stereocenters. The van der Waals surface area contributed by atoms with E-state index in [1.54, 1.807) is 18.6 Å². The number of rotatable bonds is 0. The number of carbonyl (C=O) groups is 1. The highest BCUT2D eigenvalue weighted by atomic mass is 16.5. The molecule has 0 unspecified atom stereocenters. The van der Waals surface area contributed by atoms with E-state index in [4.69, 9.17) is 9.72 Å². The van der Waals surface area contributed by atoms with Crippen molar-refractivity contribution in [3.8, 4) is 39.5 Å². The fraction of sp³-hybridized carbons (Fsp3) is 0.0385. The molecule has 1 aliphatic heterocycles. The number of aromatic amines is 2. The van der Waals surface area contributed by atoms with Gasteiger partial charge < -0.3 is 15.0 Å². The number of nitrogens with one attached hydrogen (secondary N) is 3. The summed E-state index contributed by atoms with van der Waals surface area (Å²) in [4.78, 5) is 29.7. The van der Waals surface area contributed by atoms with Gasteiger partial charge in [-0.1, -0.05) is 24.3 Å². The van der Waals surface area contributed by atoms with E-state index in [2.05, 4.69) is 30.5 Å². The van der Waals surface area contributed by atoms with E-state index in [1.807, 2.05) is 54.6 Å². The van der Waals surface area contributed by atoms with Gasteiger partial charge in [-0.15, -0.1) is 0 Å². The molecule has 35 heavy (non-hydrogen) atoms. The lowest BCUT2D eigenvalue weighted by Crippen LogP contribution is -2.20.